The van der Waals surface area contributed by atoms with Crippen LogP contribution in [0.2, 0.25) is 0 Å². The van der Waals surface area contributed by atoms with Crippen molar-refractivity contribution in [2.75, 3.05) is 19.7 Å². The number of aliphatic hydroxyl groups excluding tert-OH is 1. The predicted molar refractivity (Wildman–Crippen MR) is 86.6 cm³/mol. The van der Waals surface area contributed by atoms with Crippen LogP contribution >= 0.6 is 0 Å². The van der Waals surface area contributed by atoms with Gasteiger partial charge in [0, 0.05) is 31.7 Å². The van der Waals surface area contributed by atoms with Gasteiger partial charge in [0.1, 0.15) is 0 Å². The number of aromatic amines is 1. The first-order valence-corrected chi connectivity index (χ1v) is 8.06. The summed E-state index contributed by atoms with van der Waals surface area (Å²) >= 11 is 0. The minimum Gasteiger partial charge on any atom is -0.395 e. The zero-order valence-corrected chi connectivity index (χ0v) is 13.5. The number of aliphatic hydroxyl groups is 1. The molecule has 1 fully saturated rings. The van der Waals surface area contributed by atoms with Crippen molar-refractivity contribution in [3.05, 3.63) is 27.7 Å². The normalized spacial score (nSPS) is 14.4. The minimum atomic E-state index is -0.304. The standard InChI is InChI=1S/C16H22N4O3/c1-3-6-20(7-8-21)16(23)11-9-12(10-4-5-10)17-14-13(11)15(22)18-19(14)2/h9-10,21H,3-8H2,1-2H3,(H,18,22). The highest BCUT2D eigenvalue weighted by Crippen LogP contribution is 2.40. The molecule has 2 N–H and O–H groups in total. The third-order valence-corrected chi connectivity index (χ3v) is 4.21. The zero-order chi connectivity index (χ0) is 16.6. The molecule has 1 amide bonds. The predicted octanol–water partition coefficient (Wildman–Crippen LogP) is 0.983. The number of nitrogens with one attached hydrogen (secondary N) is 1. The maximum absolute atomic E-state index is 12.9. The van der Waals surface area contributed by atoms with Crippen molar-refractivity contribution in [3.8, 4) is 0 Å². The lowest BCUT2D eigenvalue weighted by atomic mass is 10.1. The molecule has 0 unspecified atom stereocenters. The molecular formula is C16H22N4O3. The van der Waals surface area contributed by atoms with Crippen LogP contribution in [-0.2, 0) is 7.05 Å². The Morgan fingerprint density at radius 2 is 2.22 bits per heavy atom. The second kappa shape index (κ2) is 6.16. The number of amides is 1. The van der Waals surface area contributed by atoms with E-state index >= 15 is 0 Å². The molecule has 0 radical (unpaired) electrons. The van der Waals surface area contributed by atoms with Gasteiger partial charge in [0.2, 0.25) is 0 Å². The third kappa shape index (κ3) is 2.88. The highest BCUT2D eigenvalue weighted by molar-refractivity contribution is 6.05. The molecule has 1 saturated carbocycles. The van der Waals surface area contributed by atoms with Crippen LogP contribution in [0.15, 0.2) is 10.9 Å². The fourth-order valence-electron chi connectivity index (χ4n) is 2.91. The Labute approximate surface area is 133 Å². The largest absolute Gasteiger partial charge is 0.395 e. The molecule has 0 saturated heterocycles. The van der Waals surface area contributed by atoms with Gasteiger partial charge in [-0.1, -0.05) is 6.92 Å². The van der Waals surface area contributed by atoms with Gasteiger partial charge < -0.3 is 10.0 Å². The summed E-state index contributed by atoms with van der Waals surface area (Å²) in [5.74, 6) is 0.167. The lowest BCUT2D eigenvalue weighted by molar-refractivity contribution is 0.0723. The van der Waals surface area contributed by atoms with Gasteiger partial charge in [0.15, 0.2) is 5.65 Å². The Hall–Kier alpha value is -2.15. The van der Waals surface area contributed by atoms with E-state index in [1.54, 1.807) is 22.7 Å². The van der Waals surface area contributed by atoms with Crippen LogP contribution in [0.25, 0.3) is 11.0 Å². The summed E-state index contributed by atoms with van der Waals surface area (Å²) in [7, 11) is 1.72. The quantitative estimate of drug-likeness (QED) is 0.831. The Kier molecular flexibility index (Phi) is 4.21. The van der Waals surface area contributed by atoms with Crippen molar-refractivity contribution < 1.29 is 9.90 Å². The monoisotopic (exact) mass is 318 g/mol. The summed E-state index contributed by atoms with van der Waals surface area (Å²) in [4.78, 5) is 31.3. The molecule has 0 atom stereocenters. The van der Waals surface area contributed by atoms with Crippen LogP contribution in [0.5, 0.6) is 0 Å². The smallest absolute Gasteiger partial charge is 0.274 e. The van der Waals surface area contributed by atoms with Crippen LogP contribution < -0.4 is 5.56 Å². The topological polar surface area (TPSA) is 91.2 Å². The van der Waals surface area contributed by atoms with E-state index in [4.69, 9.17) is 0 Å². The Morgan fingerprint density at radius 3 is 2.83 bits per heavy atom. The summed E-state index contributed by atoms with van der Waals surface area (Å²) in [6.07, 6.45) is 2.93. The first-order chi connectivity index (χ1) is 11.1. The first kappa shape index (κ1) is 15.7. The molecule has 1 aliphatic rings. The van der Waals surface area contributed by atoms with E-state index < -0.39 is 0 Å². The van der Waals surface area contributed by atoms with Crippen molar-refractivity contribution in [2.45, 2.75) is 32.1 Å². The number of nitrogens with zero attached hydrogens (tertiary/aromatic N) is 3. The fraction of sp³-hybridized carbons (Fsp3) is 0.562. The fourth-order valence-corrected chi connectivity index (χ4v) is 2.91. The van der Waals surface area contributed by atoms with Crippen molar-refractivity contribution >= 4 is 16.9 Å². The van der Waals surface area contributed by atoms with E-state index in [2.05, 4.69) is 10.1 Å². The number of aryl methyl sites for hydroxylation is 1. The van der Waals surface area contributed by atoms with E-state index in [-0.39, 0.29) is 24.6 Å². The van der Waals surface area contributed by atoms with E-state index in [9.17, 15) is 14.7 Å². The number of fused-ring (bicyclic) bond motifs is 1. The van der Waals surface area contributed by atoms with Gasteiger partial charge >= 0.3 is 0 Å². The maximum Gasteiger partial charge on any atom is 0.274 e. The lowest BCUT2D eigenvalue weighted by Crippen LogP contribution is -2.34. The molecule has 0 aromatic carbocycles. The van der Waals surface area contributed by atoms with E-state index in [1.165, 1.54) is 0 Å². The Morgan fingerprint density at radius 1 is 1.48 bits per heavy atom. The zero-order valence-electron chi connectivity index (χ0n) is 13.5. The summed E-state index contributed by atoms with van der Waals surface area (Å²) in [5, 5.41) is 12.2. The third-order valence-electron chi connectivity index (χ3n) is 4.21. The van der Waals surface area contributed by atoms with Crippen LogP contribution in [-0.4, -0.2) is 50.4 Å². The van der Waals surface area contributed by atoms with E-state index in [0.717, 1.165) is 25.0 Å². The first-order valence-electron chi connectivity index (χ1n) is 8.06. The number of hydrogen-bond acceptors (Lipinski definition) is 4. The van der Waals surface area contributed by atoms with Gasteiger partial charge in [0.25, 0.3) is 11.5 Å². The average molecular weight is 318 g/mol. The summed E-state index contributed by atoms with van der Waals surface area (Å²) < 4.78 is 1.57. The highest BCUT2D eigenvalue weighted by Gasteiger charge is 2.29. The summed E-state index contributed by atoms with van der Waals surface area (Å²) in [6, 6.07) is 1.76. The molecule has 23 heavy (non-hydrogen) atoms. The summed E-state index contributed by atoms with van der Waals surface area (Å²) in [6.45, 7) is 2.69. The molecule has 0 aliphatic heterocycles. The Balaban J connectivity index is 2.14. The number of H-pyrrole nitrogens is 1. The van der Waals surface area contributed by atoms with Gasteiger partial charge in [-0.15, -0.1) is 0 Å². The molecule has 0 spiro atoms. The van der Waals surface area contributed by atoms with Gasteiger partial charge in [-0.25, -0.2) is 4.98 Å². The van der Waals surface area contributed by atoms with Crippen LogP contribution in [0.1, 0.15) is 48.2 Å². The molecule has 7 heteroatoms. The molecule has 2 heterocycles. The molecule has 124 valence electrons. The second-order valence-electron chi connectivity index (χ2n) is 6.08. The molecular weight excluding hydrogens is 296 g/mol. The number of carbonyl (C=O) groups is 1. The highest BCUT2D eigenvalue weighted by atomic mass is 16.3. The minimum absolute atomic E-state index is 0.0966. The molecule has 3 rings (SSSR count). The van der Waals surface area contributed by atoms with Crippen molar-refractivity contribution in [1.29, 1.82) is 0 Å². The average Bonchev–Trinajstić information content (AvgIpc) is 3.33. The molecule has 1 aliphatic carbocycles. The van der Waals surface area contributed by atoms with E-state index in [0.29, 0.717) is 29.1 Å². The van der Waals surface area contributed by atoms with Gasteiger partial charge in [0.05, 0.1) is 17.6 Å². The number of pyridine rings is 1. The van der Waals surface area contributed by atoms with Gasteiger partial charge in [-0.2, -0.15) is 0 Å². The van der Waals surface area contributed by atoms with Crippen molar-refractivity contribution in [2.24, 2.45) is 7.05 Å². The molecule has 7 nitrogen and oxygen atoms in total. The van der Waals surface area contributed by atoms with Crippen molar-refractivity contribution in [3.63, 3.8) is 0 Å². The van der Waals surface area contributed by atoms with Gasteiger partial charge in [-0.3, -0.25) is 19.4 Å². The number of hydrogen-bond donors (Lipinski definition) is 2. The molecule has 2 aromatic heterocycles. The van der Waals surface area contributed by atoms with E-state index in [1.807, 2.05) is 6.92 Å². The van der Waals surface area contributed by atoms with Gasteiger partial charge in [-0.05, 0) is 25.3 Å². The number of aromatic nitrogens is 3. The van der Waals surface area contributed by atoms with Crippen LogP contribution in [0.3, 0.4) is 0 Å². The Bertz CT molecular complexity index is 782. The SMILES string of the molecule is CCCN(CCO)C(=O)c1cc(C2CC2)nc2c1c(=O)[nH]n2C. The lowest BCUT2D eigenvalue weighted by Gasteiger charge is -2.21. The maximum atomic E-state index is 12.9. The second-order valence-corrected chi connectivity index (χ2v) is 6.08. The van der Waals surface area contributed by atoms with Crippen LogP contribution in [0, 0.1) is 0 Å². The molecule has 0 bridgehead atoms. The summed E-state index contributed by atoms with van der Waals surface area (Å²) in [5.41, 5.74) is 1.47. The number of carbonyl (C=O) groups excluding carboxylic acids is 1. The van der Waals surface area contributed by atoms with Crippen molar-refractivity contribution in [1.82, 2.24) is 19.7 Å². The van der Waals surface area contributed by atoms with Crippen LogP contribution in [0.4, 0.5) is 0 Å². The molecule has 2 aromatic rings. The number of rotatable bonds is 6.